The number of nitriles is 1. The smallest absolute Gasteiger partial charge is 0.418 e. The van der Waals surface area contributed by atoms with E-state index in [2.05, 4.69) is 4.74 Å². The number of nitrogens with zero attached hydrogens (tertiary/aromatic N) is 2. The first-order valence-corrected chi connectivity index (χ1v) is 6.53. The molecule has 0 aliphatic rings. The number of esters is 1. The number of halogens is 3. The van der Waals surface area contributed by atoms with Crippen LogP contribution in [-0.4, -0.2) is 17.6 Å². The van der Waals surface area contributed by atoms with Gasteiger partial charge in [0.1, 0.15) is 6.04 Å². The topological polar surface area (TPSA) is 55.0 Å². The summed E-state index contributed by atoms with van der Waals surface area (Å²) in [5.74, 6) is -0.530. The maximum absolute atomic E-state index is 13.2. The predicted octanol–water partition coefficient (Wildman–Crippen LogP) is 3.66. The van der Waals surface area contributed by atoms with Crippen molar-refractivity contribution in [2.24, 2.45) is 0 Å². The number of benzene rings is 1. The van der Waals surface area contributed by atoms with Crippen molar-refractivity contribution in [3.63, 3.8) is 0 Å². The molecule has 1 atom stereocenters. The number of alkyl halides is 3. The number of aromatic nitrogens is 1. The fourth-order valence-corrected chi connectivity index (χ4v) is 2.52. The van der Waals surface area contributed by atoms with Crippen molar-refractivity contribution < 1.29 is 22.7 Å². The standard InChI is InChI=1S/C15H13F3N2O2/c1-3-11(14(21)22-2)20-7-6-10-12(20)5-4-9(8-19)13(10)15(16,17)18/h4-7,11H,3H2,1-2H3. The van der Waals surface area contributed by atoms with Crippen LogP contribution in [0.4, 0.5) is 13.2 Å². The van der Waals surface area contributed by atoms with Gasteiger partial charge in [-0.1, -0.05) is 6.92 Å². The van der Waals surface area contributed by atoms with Gasteiger partial charge >= 0.3 is 12.1 Å². The molecule has 1 aromatic heterocycles. The number of methoxy groups -OCH3 is 1. The van der Waals surface area contributed by atoms with Gasteiger partial charge in [-0.2, -0.15) is 18.4 Å². The van der Waals surface area contributed by atoms with Crippen LogP contribution in [0.15, 0.2) is 24.4 Å². The second kappa shape index (κ2) is 5.72. The first-order chi connectivity index (χ1) is 10.3. The Morgan fingerprint density at radius 2 is 2.09 bits per heavy atom. The van der Waals surface area contributed by atoms with Crippen LogP contribution in [0.2, 0.25) is 0 Å². The van der Waals surface area contributed by atoms with E-state index in [4.69, 9.17) is 5.26 Å². The van der Waals surface area contributed by atoms with E-state index in [9.17, 15) is 18.0 Å². The minimum atomic E-state index is -4.65. The lowest BCUT2D eigenvalue weighted by molar-refractivity contribution is -0.144. The van der Waals surface area contributed by atoms with Gasteiger partial charge in [-0.05, 0) is 24.6 Å². The molecule has 0 bridgehead atoms. The summed E-state index contributed by atoms with van der Waals surface area (Å²) < 4.78 is 45.8. The van der Waals surface area contributed by atoms with E-state index >= 15 is 0 Å². The maximum atomic E-state index is 13.2. The molecule has 0 saturated heterocycles. The molecule has 0 N–H and O–H groups in total. The third-order valence-corrected chi connectivity index (χ3v) is 3.50. The van der Waals surface area contributed by atoms with E-state index in [-0.39, 0.29) is 10.9 Å². The van der Waals surface area contributed by atoms with Crippen LogP contribution in [0.3, 0.4) is 0 Å². The van der Waals surface area contributed by atoms with Crippen molar-refractivity contribution in [1.29, 1.82) is 5.26 Å². The summed E-state index contributed by atoms with van der Waals surface area (Å²) in [6, 6.07) is 4.64. The first-order valence-electron chi connectivity index (χ1n) is 6.53. The van der Waals surface area contributed by atoms with Crippen molar-refractivity contribution in [2.45, 2.75) is 25.6 Å². The highest BCUT2D eigenvalue weighted by molar-refractivity contribution is 5.88. The largest absolute Gasteiger partial charge is 0.467 e. The van der Waals surface area contributed by atoms with Crippen LogP contribution in [0.5, 0.6) is 0 Å². The summed E-state index contributed by atoms with van der Waals surface area (Å²) in [6.45, 7) is 1.74. The summed E-state index contributed by atoms with van der Waals surface area (Å²) in [5.41, 5.74) is -1.18. The predicted molar refractivity (Wildman–Crippen MR) is 73.0 cm³/mol. The quantitative estimate of drug-likeness (QED) is 0.813. The second-order valence-corrected chi connectivity index (χ2v) is 4.70. The Morgan fingerprint density at radius 1 is 1.41 bits per heavy atom. The number of carbonyl (C=O) groups excluding carboxylic acids is 1. The number of hydrogen-bond acceptors (Lipinski definition) is 3. The highest BCUT2D eigenvalue weighted by atomic mass is 19.4. The van der Waals surface area contributed by atoms with Crippen LogP contribution in [0.25, 0.3) is 10.9 Å². The zero-order valence-electron chi connectivity index (χ0n) is 11.9. The molecule has 1 aromatic carbocycles. The normalized spacial score (nSPS) is 12.9. The summed E-state index contributed by atoms with van der Waals surface area (Å²) in [7, 11) is 1.23. The zero-order chi connectivity index (χ0) is 16.5. The van der Waals surface area contributed by atoms with Crippen LogP contribution < -0.4 is 0 Å². The molecule has 0 spiro atoms. The molecule has 0 aliphatic heterocycles. The number of carbonyl (C=O) groups is 1. The van der Waals surface area contributed by atoms with Gasteiger partial charge in [-0.3, -0.25) is 0 Å². The molecule has 0 amide bonds. The van der Waals surface area contributed by atoms with Gasteiger partial charge in [0.15, 0.2) is 0 Å². The molecule has 7 heteroatoms. The third-order valence-electron chi connectivity index (χ3n) is 3.50. The molecule has 22 heavy (non-hydrogen) atoms. The van der Waals surface area contributed by atoms with E-state index in [1.54, 1.807) is 13.0 Å². The number of fused-ring (bicyclic) bond motifs is 1. The molecule has 0 fully saturated rings. The number of ether oxygens (including phenoxy) is 1. The van der Waals surface area contributed by atoms with Crippen molar-refractivity contribution in [3.05, 3.63) is 35.5 Å². The lowest BCUT2D eigenvalue weighted by atomic mass is 10.0. The van der Waals surface area contributed by atoms with Gasteiger partial charge in [0.25, 0.3) is 0 Å². The lowest BCUT2D eigenvalue weighted by Crippen LogP contribution is -2.19. The molecule has 4 nitrogen and oxygen atoms in total. The molecule has 2 aromatic rings. The second-order valence-electron chi connectivity index (χ2n) is 4.70. The number of hydrogen-bond donors (Lipinski definition) is 0. The molecular formula is C15H13F3N2O2. The molecule has 0 aliphatic carbocycles. The van der Waals surface area contributed by atoms with Crippen molar-refractivity contribution in [1.82, 2.24) is 4.57 Å². The highest BCUT2D eigenvalue weighted by Crippen LogP contribution is 2.38. The highest BCUT2D eigenvalue weighted by Gasteiger charge is 2.36. The summed E-state index contributed by atoms with van der Waals surface area (Å²) >= 11 is 0. The molecule has 1 unspecified atom stereocenters. The Hall–Kier alpha value is -2.49. The Kier molecular flexibility index (Phi) is 4.13. The van der Waals surface area contributed by atoms with Gasteiger partial charge < -0.3 is 9.30 Å². The maximum Gasteiger partial charge on any atom is 0.418 e. The van der Waals surface area contributed by atoms with Crippen LogP contribution >= 0.6 is 0 Å². The van der Waals surface area contributed by atoms with Crippen LogP contribution in [0.1, 0.15) is 30.5 Å². The Bertz CT molecular complexity index is 756. The SMILES string of the molecule is CCC(C(=O)OC)n1ccc2c(C(F)(F)F)c(C#N)ccc21. The fourth-order valence-electron chi connectivity index (χ4n) is 2.52. The molecule has 116 valence electrons. The van der Waals surface area contributed by atoms with E-state index in [1.807, 2.05) is 0 Å². The molecule has 2 rings (SSSR count). The monoisotopic (exact) mass is 310 g/mol. The van der Waals surface area contributed by atoms with Crippen molar-refractivity contribution >= 4 is 16.9 Å². The van der Waals surface area contributed by atoms with E-state index in [0.29, 0.717) is 6.42 Å². The molecule has 0 saturated carbocycles. The van der Waals surface area contributed by atoms with Gasteiger partial charge in [0.2, 0.25) is 0 Å². The minimum absolute atomic E-state index is 0.103. The summed E-state index contributed by atoms with van der Waals surface area (Å²) in [5, 5.41) is 8.80. The Morgan fingerprint density at radius 3 is 2.59 bits per heavy atom. The third kappa shape index (κ3) is 2.52. The van der Waals surface area contributed by atoms with Gasteiger partial charge in [0, 0.05) is 17.1 Å². The number of rotatable bonds is 3. The molecule has 0 radical (unpaired) electrons. The summed E-state index contributed by atoms with van der Waals surface area (Å²) in [4.78, 5) is 11.8. The van der Waals surface area contributed by atoms with E-state index < -0.39 is 29.3 Å². The average molecular weight is 310 g/mol. The lowest BCUT2D eigenvalue weighted by Gasteiger charge is -2.17. The van der Waals surface area contributed by atoms with E-state index in [0.717, 1.165) is 6.07 Å². The van der Waals surface area contributed by atoms with Crippen LogP contribution in [0, 0.1) is 11.3 Å². The first kappa shape index (κ1) is 15.9. The molecular weight excluding hydrogens is 297 g/mol. The Labute approximate surface area is 124 Å². The van der Waals surface area contributed by atoms with E-state index in [1.165, 1.54) is 30.0 Å². The Balaban J connectivity index is 2.74. The van der Waals surface area contributed by atoms with Crippen LogP contribution in [-0.2, 0) is 15.7 Å². The van der Waals surface area contributed by atoms with Gasteiger partial charge in [0.05, 0.1) is 24.3 Å². The van der Waals surface area contributed by atoms with Gasteiger partial charge in [-0.25, -0.2) is 4.79 Å². The zero-order valence-corrected chi connectivity index (χ0v) is 11.9. The van der Waals surface area contributed by atoms with Crippen molar-refractivity contribution in [3.8, 4) is 6.07 Å². The molecule has 1 heterocycles. The average Bonchev–Trinajstić information content (AvgIpc) is 2.89. The van der Waals surface area contributed by atoms with Crippen molar-refractivity contribution in [2.75, 3.05) is 7.11 Å². The minimum Gasteiger partial charge on any atom is -0.467 e. The van der Waals surface area contributed by atoms with Gasteiger partial charge in [-0.15, -0.1) is 0 Å². The fraction of sp³-hybridized carbons (Fsp3) is 0.333. The summed E-state index contributed by atoms with van der Waals surface area (Å²) in [6.07, 6.45) is -2.87.